The van der Waals surface area contributed by atoms with Crippen LogP contribution in [-0.4, -0.2) is 49.7 Å². The summed E-state index contributed by atoms with van der Waals surface area (Å²) in [5.41, 5.74) is 1.87. The fraction of sp³-hybridized carbons (Fsp3) is 0.476. The molecule has 2 saturated heterocycles. The lowest BCUT2D eigenvalue weighted by Crippen LogP contribution is -2.28. The summed E-state index contributed by atoms with van der Waals surface area (Å²) in [7, 11) is -3.48. The summed E-state index contributed by atoms with van der Waals surface area (Å²) in [6.07, 6.45) is 4.48. The second kappa shape index (κ2) is 8.95. The fourth-order valence-corrected chi connectivity index (χ4v) is 6.49. The largest absolute Gasteiger partial charge is 0.326 e. The van der Waals surface area contributed by atoms with E-state index in [1.54, 1.807) is 35.6 Å². The highest BCUT2D eigenvalue weighted by molar-refractivity contribution is 7.89. The maximum absolute atomic E-state index is 12.7. The van der Waals surface area contributed by atoms with Crippen LogP contribution < -0.4 is 5.32 Å². The summed E-state index contributed by atoms with van der Waals surface area (Å²) in [5, 5.41) is 7.16. The number of benzene rings is 1. The first-order valence-corrected chi connectivity index (χ1v) is 12.6. The van der Waals surface area contributed by atoms with Gasteiger partial charge < -0.3 is 5.32 Å². The highest BCUT2D eigenvalue weighted by atomic mass is 32.2. The standard InChI is InChI=1S/C21H27N3O3S2/c25-21(8-13-23-10-4-7-20(23)17-9-14-28-16-17)22-18-5-3-6-19(15-18)29(26,27)24-11-1-2-12-24/h3,5-6,9,14-16,20H,1-2,4,7-8,10-13H2,(H,22,25). The zero-order valence-electron chi connectivity index (χ0n) is 16.4. The molecule has 1 amide bonds. The van der Waals surface area contributed by atoms with Gasteiger partial charge in [-0.15, -0.1) is 0 Å². The van der Waals surface area contributed by atoms with E-state index < -0.39 is 10.0 Å². The number of carbonyl (C=O) groups is 1. The molecule has 6 nitrogen and oxygen atoms in total. The number of carbonyl (C=O) groups excluding carboxylic acids is 1. The van der Waals surface area contributed by atoms with E-state index in [-0.39, 0.29) is 10.8 Å². The third-order valence-corrected chi connectivity index (χ3v) is 8.33. The van der Waals surface area contributed by atoms with Gasteiger partial charge in [0.2, 0.25) is 15.9 Å². The molecule has 156 valence electrons. The van der Waals surface area contributed by atoms with Gasteiger partial charge in [-0.25, -0.2) is 8.42 Å². The van der Waals surface area contributed by atoms with Crippen LogP contribution in [-0.2, 0) is 14.8 Å². The Morgan fingerprint density at radius 3 is 2.72 bits per heavy atom. The van der Waals surface area contributed by atoms with Crippen molar-refractivity contribution in [1.82, 2.24) is 9.21 Å². The average molecular weight is 434 g/mol. The normalized spacial score (nSPS) is 20.9. The van der Waals surface area contributed by atoms with E-state index in [0.29, 0.717) is 37.8 Å². The zero-order chi connectivity index (χ0) is 20.3. The van der Waals surface area contributed by atoms with E-state index in [1.165, 1.54) is 9.87 Å². The quantitative estimate of drug-likeness (QED) is 0.723. The minimum atomic E-state index is -3.48. The molecule has 1 aromatic carbocycles. The van der Waals surface area contributed by atoms with Gasteiger partial charge in [0.25, 0.3) is 0 Å². The van der Waals surface area contributed by atoms with E-state index >= 15 is 0 Å². The van der Waals surface area contributed by atoms with Crippen molar-refractivity contribution in [3.8, 4) is 0 Å². The second-order valence-corrected chi connectivity index (χ2v) is 10.4. The molecule has 2 aliphatic rings. The van der Waals surface area contributed by atoms with Crippen molar-refractivity contribution in [2.75, 3.05) is 31.5 Å². The molecule has 0 bridgehead atoms. The molecule has 0 spiro atoms. The van der Waals surface area contributed by atoms with Gasteiger partial charge in [-0.2, -0.15) is 15.6 Å². The SMILES string of the molecule is O=C(CCN1CCCC1c1ccsc1)Nc1cccc(S(=O)(=O)N2CCCC2)c1. The lowest BCUT2D eigenvalue weighted by Gasteiger charge is -2.23. The third kappa shape index (κ3) is 4.71. The number of rotatable bonds is 7. The Kier molecular flexibility index (Phi) is 6.34. The first-order chi connectivity index (χ1) is 14.0. The molecular weight excluding hydrogens is 406 g/mol. The van der Waals surface area contributed by atoms with Crippen LogP contribution in [0.15, 0.2) is 46.0 Å². The minimum Gasteiger partial charge on any atom is -0.326 e. The van der Waals surface area contributed by atoms with Crippen molar-refractivity contribution < 1.29 is 13.2 Å². The van der Waals surface area contributed by atoms with Crippen molar-refractivity contribution in [3.05, 3.63) is 46.7 Å². The van der Waals surface area contributed by atoms with Crippen LogP contribution >= 0.6 is 11.3 Å². The van der Waals surface area contributed by atoms with Gasteiger partial charge in [-0.1, -0.05) is 6.07 Å². The van der Waals surface area contributed by atoms with Crippen molar-refractivity contribution in [2.45, 2.75) is 43.0 Å². The molecule has 1 N–H and O–H groups in total. The molecule has 2 aliphatic heterocycles. The van der Waals surface area contributed by atoms with Crippen LogP contribution in [0.25, 0.3) is 0 Å². The number of nitrogens with zero attached hydrogens (tertiary/aromatic N) is 2. The van der Waals surface area contributed by atoms with Crippen molar-refractivity contribution in [1.29, 1.82) is 0 Å². The number of amides is 1. The molecule has 1 aromatic heterocycles. The van der Waals surface area contributed by atoms with Gasteiger partial charge in [-0.05, 0) is 72.8 Å². The van der Waals surface area contributed by atoms with Crippen molar-refractivity contribution in [2.24, 2.45) is 0 Å². The predicted molar refractivity (Wildman–Crippen MR) is 116 cm³/mol. The summed E-state index contributed by atoms with van der Waals surface area (Å²) in [6.45, 7) is 2.86. The molecule has 0 aliphatic carbocycles. The lowest BCUT2D eigenvalue weighted by atomic mass is 10.1. The van der Waals surface area contributed by atoms with E-state index in [1.807, 2.05) is 0 Å². The number of hydrogen-bond donors (Lipinski definition) is 1. The first kappa shape index (κ1) is 20.5. The van der Waals surface area contributed by atoms with Crippen LogP contribution in [0.5, 0.6) is 0 Å². The number of anilines is 1. The number of thiophene rings is 1. The smallest absolute Gasteiger partial charge is 0.243 e. The Hall–Kier alpha value is -1.74. The van der Waals surface area contributed by atoms with E-state index in [2.05, 4.69) is 27.0 Å². The summed E-state index contributed by atoms with van der Waals surface area (Å²) >= 11 is 1.71. The molecule has 2 aromatic rings. The van der Waals surface area contributed by atoms with Crippen LogP contribution in [0, 0.1) is 0 Å². The maximum Gasteiger partial charge on any atom is 0.243 e. The second-order valence-electron chi connectivity index (χ2n) is 7.69. The number of sulfonamides is 1. The Balaban J connectivity index is 1.35. The molecule has 1 atom stereocenters. The molecule has 1 unspecified atom stereocenters. The Morgan fingerprint density at radius 1 is 1.14 bits per heavy atom. The summed E-state index contributed by atoms with van der Waals surface area (Å²) in [6, 6.07) is 9.16. The third-order valence-electron chi connectivity index (χ3n) is 5.74. The average Bonchev–Trinajstić information content (AvgIpc) is 3.49. The van der Waals surface area contributed by atoms with E-state index in [4.69, 9.17) is 0 Å². The monoisotopic (exact) mass is 433 g/mol. The lowest BCUT2D eigenvalue weighted by molar-refractivity contribution is -0.116. The minimum absolute atomic E-state index is 0.0864. The number of likely N-dealkylation sites (tertiary alicyclic amines) is 1. The highest BCUT2D eigenvalue weighted by Gasteiger charge is 2.28. The van der Waals surface area contributed by atoms with Gasteiger partial charge >= 0.3 is 0 Å². The Morgan fingerprint density at radius 2 is 1.97 bits per heavy atom. The fourth-order valence-electron chi connectivity index (χ4n) is 4.22. The highest BCUT2D eigenvalue weighted by Crippen LogP contribution is 2.33. The Bertz CT molecular complexity index is 938. The van der Waals surface area contributed by atoms with Gasteiger partial charge in [0.05, 0.1) is 4.90 Å². The topological polar surface area (TPSA) is 69.7 Å². The van der Waals surface area contributed by atoms with Crippen molar-refractivity contribution >= 4 is 33.0 Å². The van der Waals surface area contributed by atoms with Crippen LogP contribution in [0.1, 0.15) is 43.7 Å². The Labute approximate surface area is 176 Å². The molecular formula is C21H27N3O3S2. The molecule has 0 radical (unpaired) electrons. The zero-order valence-corrected chi connectivity index (χ0v) is 18.1. The van der Waals surface area contributed by atoms with Crippen molar-refractivity contribution in [3.63, 3.8) is 0 Å². The van der Waals surface area contributed by atoms with E-state index in [9.17, 15) is 13.2 Å². The first-order valence-electron chi connectivity index (χ1n) is 10.2. The molecule has 0 saturated carbocycles. The predicted octanol–water partition coefficient (Wildman–Crippen LogP) is 3.70. The van der Waals surface area contributed by atoms with Gasteiger partial charge in [0.1, 0.15) is 0 Å². The molecule has 2 fully saturated rings. The summed E-state index contributed by atoms with van der Waals surface area (Å²) in [4.78, 5) is 15.1. The van der Waals surface area contributed by atoms with Gasteiger partial charge in [0, 0.05) is 37.8 Å². The maximum atomic E-state index is 12.7. The van der Waals surface area contributed by atoms with Crippen LogP contribution in [0.2, 0.25) is 0 Å². The summed E-state index contributed by atoms with van der Waals surface area (Å²) < 4.78 is 27.0. The van der Waals surface area contributed by atoms with E-state index in [0.717, 1.165) is 32.2 Å². The molecule has 4 rings (SSSR count). The summed E-state index contributed by atoms with van der Waals surface area (Å²) in [5.74, 6) is -0.0864. The van der Waals surface area contributed by atoms with Crippen LogP contribution in [0.4, 0.5) is 5.69 Å². The van der Waals surface area contributed by atoms with Gasteiger partial charge in [-0.3, -0.25) is 9.69 Å². The molecule has 8 heteroatoms. The van der Waals surface area contributed by atoms with Crippen LogP contribution in [0.3, 0.4) is 0 Å². The molecule has 3 heterocycles. The van der Waals surface area contributed by atoms with Gasteiger partial charge in [0.15, 0.2) is 0 Å². The number of hydrogen-bond acceptors (Lipinski definition) is 5. The number of nitrogens with one attached hydrogen (secondary N) is 1. The molecule has 29 heavy (non-hydrogen) atoms.